The number of amides is 1. The van der Waals surface area contributed by atoms with Crippen LogP contribution in [0.3, 0.4) is 0 Å². The van der Waals surface area contributed by atoms with Gasteiger partial charge >= 0.3 is 0 Å². The zero-order valence-electron chi connectivity index (χ0n) is 23.4. The molecule has 3 heterocycles. The predicted molar refractivity (Wildman–Crippen MR) is 162 cm³/mol. The number of nitrogens with zero attached hydrogens (tertiary/aromatic N) is 1. The summed E-state index contributed by atoms with van der Waals surface area (Å²) < 4.78 is 5.90. The highest BCUT2D eigenvalue weighted by atomic mass is 16.5. The van der Waals surface area contributed by atoms with Gasteiger partial charge in [-0.15, -0.1) is 0 Å². The van der Waals surface area contributed by atoms with E-state index in [1.807, 2.05) is 97.8 Å². The van der Waals surface area contributed by atoms with Crippen LogP contribution in [-0.2, 0) is 10.2 Å². The Kier molecular flexibility index (Phi) is 6.08. The monoisotopic (exact) mass is 554 g/mol. The second-order valence-electron chi connectivity index (χ2n) is 11.1. The predicted octanol–water partition coefficient (Wildman–Crippen LogP) is 6.38. The summed E-state index contributed by atoms with van der Waals surface area (Å²) in [4.78, 5) is 46.2. The number of ether oxygens (including phenoxy) is 1. The molecule has 6 nitrogen and oxygen atoms in total. The van der Waals surface area contributed by atoms with Crippen LogP contribution >= 0.6 is 0 Å². The van der Waals surface area contributed by atoms with Crippen molar-refractivity contribution in [2.75, 3.05) is 11.9 Å². The molecule has 0 aliphatic carbocycles. The van der Waals surface area contributed by atoms with Gasteiger partial charge in [0.2, 0.25) is 5.91 Å². The fourth-order valence-corrected chi connectivity index (χ4v) is 7.18. The zero-order valence-corrected chi connectivity index (χ0v) is 23.4. The number of hydrogen-bond acceptors (Lipinski definition) is 5. The lowest BCUT2D eigenvalue weighted by molar-refractivity contribution is -0.122. The van der Waals surface area contributed by atoms with Gasteiger partial charge in [0.1, 0.15) is 17.2 Å². The molecule has 7 rings (SSSR count). The van der Waals surface area contributed by atoms with Crippen molar-refractivity contribution >= 4 is 29.2 Å². The molecule has 1 fully saturated rings. The van der Waals surface area contributed by atoms with Crippen molar-refractivity contribution < 1.29 is 19.1 Å². The third kappa shape index (κ3) is 3.61. The van der Waals surface area contributed by atoms with Gasteiger partial charge in [-0.1, -0.05) is 84.4 Å². The van der Waals surface area contributed by atoms with E-state index in [1.54, 1.807) is 30.3 Å². The van der Waals surface area contributed by atoms with E-state index in [0.717, 1.165) is 22.3 Å². The number of anilines is 1. The van der Waals surface area contributed by atoms with Gasteiger partial charge in [0.15, 0.2) is 11.6 Å². The molecule has 208 valence electrons. The summed E-state index contributed by atoms with van der Waals surface area (Å²) in [6, 6.07) is 28.4. The molecule has 42 heavy (non-hydrogen) atoms. The van der Waals surface area contributed by atoms with E-state index in [4.69, 9.17) is 4.74 Å². The molecule has 4 aromatic carbocycles. The molecule has 3 aliphatic heterocycles. The SMILES string of the molecule is CCOc1ccccc1C(=O)[C@@H]1[C@H](C(=O)c2ccc(C)cc2)N2C=Cc3ccccc3[C@H]2[C@@]12C(=O)Nc1ccccc12. The summed E-state index contributed by atoms with van der Waals surface area (Å²) in [5.74, 6) is -1.39. The molecule has 1 saturated heterocycles. The number of hydrogen-bond donors (Lipinski definition) is 1. The van der Waals surface area contributed by atoms with Crippen LogP contribution in [0.4, 0.5) is 5.69 Å². The van der Waals surface area contributed by atoms with Crippen molar-refractivity contribution in [3.05, 3.63) is 137 Å². The largest absolute Gasteiger partial charge is 0.493 e. The number of nitrogens with one attached hydrogen (secondary N) is 1. The van der Waals surface area contributed by atoms with Crippen molar-refractivity contribution in [1.29, 1.82) is 0 Å². The van der Waals surface area contributed by atoms with E-state index in [1.165, 1.54) is 0 Å². The second-order valence-corrected chi connectivity index (χ2v) is 11.1. The number of benzene rings is 4. The third-order valence-corrected chi connectivity index (χ3v) is 8.91. The van der Waals surface area contributed by atoms with Crippen molar-refractivity contribution in [3.8, 4) is 5.75 Å². The van der Waals surface area contributed by atoms with E-state index in [-0.39, 0.29) is 17.5 Å². The second kappa shape index (κ2) is 9.84. The van der Waals surface area contributed by atoms with Crippen LogP contribution in [0.25, 0.3) is 6.08 Å². The van der Waals surface area contributed by atoms with E-state index < -0.39 is 23.4 Å². The molecule has 0 aromatic heterocycles. The summed E-state index contributed by atoms with van der Waals surface area (Å²) >= 11 is 0. The maximum atomic E-state index is 15.1. The summed E-state index contributed by atoms with van der Waals surface area (Å²) in [6.07, 6.45) is 3.86. The van der Waals surface area contributed by atoms with Crippen LogP contribution in [0.1, 0.15) is 55.9 Å². The van der Waals surface area contributed by atoms with Crippen LogP contribution in [-0.4, -0.2) is 35.0 Å². The van der Waals surface area contributed by atoms with Crippen LogP contribution < -0.4 is 10.1 Å². The molecule has 4 atom stereocenters. The summed E-state index contributed by atoms with van der Waals surface area (Å²) in [6.45, 7) is 4.21. The number of rotatable bonds is 6. The minimum atomic E-state index is -1.38. The van der Waals surface area contributed by atoms with Crippen molar-refractivity contribution in [2.24, 2.45) is 5.92 Å². The quantitative estimate of drug-likeness (QED) is 0.280. The number of Topliss-reactive ketones (excluding diaryl/α,β-unsaturated/α-hetero) is 2. The van der Waals surface area contributed by atoms with E-state index >= 15 is 4.79 Å². The minimum Gasteiger partial charge on any atom is -0.493 e. The average molecular weight is 555 g/mol. The average Bonchev–Trinajstić information content (AvgIpc) is 3.49. The lowest BCUT2D eigenvalue weighted by Gasteiger charge is -2.38. The normalized spacial score (nSPS) is 23.2. The van der Waals surface area contributed by atoms with E-state index in [9.17, 15) is 9.59 Å². The van der Waals surface area contributed by atoms with Crippen LogP contribution in [0, 0.1) is 12.8 Å². The standard InChI is InChI=1S/C36H30N2O4/c1-3-42-29-15-9-6-12-26(29)33(40)30-31(32(39)24-18-16-22(2)17-19-24)38-21-20-23-10-4-5-11-25(23)34(38)36(30)27-13-7-8-14-28(27)37-35(36)41/h4-21,30-31,34H,3H2,1-2H3,(H,37,41)/t30-,31+,34-,36-/m0/s1. The first-order valence-corrected chi connectivity index (χ1v) is 14.3. The topological polar surface area (TPSA) is 75.7 Å². The van der Waals surface area contributed by atoms with Gasteiger partial charge in [-0.3, -0.25) is 14.4 Å². The zero-order chi connectivity index (χ0) is 29.0. The van der Waals surface area contributed by atoms with Gasteiger partial charge < -0.3 is 15.0 Å². The Morgan fingerprint density at radius 2 is 1.60 bits per heavy atom. The van der Waals surface area contributed by atoms with Crippen molar-refractivity contribution in [3.63, 3.8) is 0 Å². The van der Waals surface area contributed by atoms with E-state index in [0.29, 0.717) is 29.2 Å². The molecule has 0 saturated carbocycles. The molecule has 4 aromatic rings. The van der Waals surface area contributed by atoms with Gasteiger partial charge in [0, 0.05) is 17.5 Å². The van der Waals surface area contributed by atoms with Gasteiger partial charge in [-0.2, -0.15) is 0 Å². The molecule has 1 N–H and O–H groups in total. The van der Waals surface area contributed by atoms with Gasteiger partial charge in [-0.05, 0) is 54.8 Å². The minimum absolute atomic E-state index is 0.203. The highest BCUT2D eigenvalue weighted by Gasteiger charge is 2.70. The Morgan fingerprint density at radius 3 is 2.40 bits per heavy atom. The number of fused-ring (bicyclic) bond motifs is 6. The molecular formula is C36H30N2O4. The Balaban J connectivity index is 1.54. The van der Waals surface area contributed by atoms with E-state index in [2.05, 4.69) is 5.32 Å². The van der Waals surface area contributed by atoms with Gasteiger partial charge in [-0.25, -0.2) is 0 Å². The fraction of sp³-hybridized carbons (Fsp3) is 0.194. The fourth-order valence-electron chi connectivity index (χ4n) is 7.18. The first kappa shape index (κ1) is 26.0. The van der Waals surface area contributed by atoms with Gasteiger partial charge in [0.25, 0.3) is 0 Å². The summed E-state index contributed by atoms with van der Waals surface area (Å²) in [7, 11) is 0. The Morgan fingerprint density at radius 1 is 0.881 bits per heavy atom. The van der Waals surface area contributed by atoms with Crippen molar-refractivity contribution in [2.45, 2.75) is 31.3 Å². The Bertz CT molecular complexity index is 1780. The third-order valence-electron chi connectivity index (χ3n) is 8.91. The van der Waals surface area contributed by atoms with Crippen LogP contribution in [0.5, 0.6) is 5.75 Å². The number of para-hydroxylation sites is 2. The smallest absolute Gasteiger partial charge is 0.238 e. The maximum Gasteiger partial charge on any atom is 0.238 e. The van der Waals surface area contributed by atoms with Gasteiger partial charge in [0.05, 0.1) is 24.1 Å². The first-order valence-electron chi connectivity index (χ1n) is 14.3. The highest BCUT2D eigenvalue weighted by Crippen LogP contribution is 2.62. The van der Waals surface area contributed by atoms with Crippen LogP contribution in [0.2, 0.25) is 0 Å². The number of aryl methyl sites for hydroxylation is 1. The number of carbonyl (C=O) groups is 3. The molecule has 1 amide bonds. The molecule has 0 unspecified atom stereocenters. The molecule has 0 radical (unpaired) electrons. The lowest BCUT2D eigenvalue weighted by Crippen LogP contribution is -2.49. The molecule has 0 bridgehead atoms. The molecule has 6 heteroatoms. The first-order chi connectivity index (χ1) is 20.5. The Hall–Kier alpha value is -4.97. The lowest BCUT2D eigenvalue weighted by atomic mass is 9.62. The van der Waals surface area contributed by atoms with Crippen LogP contribution in [0.15, 0.2) is 103 Å². The highest BCUT2D eigenvalue weighted by molar-refractivity contribution is 6.17. The molecular weight excluding hydrogens is 524 g/mol. The van der Waals surface area contributed by atoms with Crippen molar-refractivity contribution in [1.82, 2.24) is 4.90 Å². The summed E-state index contributed by atoms with van der Waals surface area (Å²) in [5.41, 5.74) is 3.76. The number of carbonyl (C=O) groups excluding carboxylic acids is 3. The molecule has 1 spiro atoms. The Labute approximate surface area is 244 Å². The summed E-state index contributed by atoms with van der Waals surface area (Å²) in [5, 5.41) is 3.09. The molecule has 3 aliphatic rings. The maximum absolute atomic E-state index is 15.1. The number of ketones is 2.